The number of hydrogen-bond acceptors (Lipinski definition) is 8. The van der Waals surface area contributed by atoms with E-state index in [1.54, 1.807) is 6.07 Å². The molecule has 0 aliphatic heterocycles. The van der Waals surface area contributed by atoms with Crippen molar-refractivity contribution >= 4 is 34.0 Å². The smallest absolute Gasteiger partial charge is 0.255 e. The zero-order valence-electron chi connectivity index (χ0n) is 20.6. The van der Waals surface area contributed by atoms with Crippen LogP contribution in [0.4, 0.5) is 0 Å². The Labute approximate surface area is 222 Å². The maximum absolute atomic E-state index is 13.7. The monoisotopic (exact) mass is 527 g/mol. The molecule has 0 heterocycles. The molecule has 3 aliphatic rings. The molecular formula is C30H25NO8. The van der Waals surface area contributed by atoms with E-state index in [-0.39, 0.29) is 42.8 Å². The molecule has 9 nitrogen and oxygen atoms in total. The van der Waals surface area contributed by atoms with Crippen molar-refractivity contribution in [1.82, 2.24) is 0 Å². The maximum Gasteiger partial charge on any atom is 0.255 e. The molecular weight excluding hydrogens is 502 g/mol. The predicted molar refractivity (Wildman–Crippen MR) is 140 cm³/mol. The van der Waals surface area contributed by atoms with Gasteiger partial charge in [-0.3, -0.25) is 14.4 Å². The van der Waals surface area contributed by atoms with Gasteiger partial charge in [0.1, 0.15) is 22.8 Å². The predicted octanol–water partition coefficient (Wildman–Crippen LogP) is 2.74. The lowest BCUT2D eigenvalue weighted by Gasteiger charge is -2.46. The summed E-state index contributed by atoms with van der Waals surface area (Å²) in [6.07, 6.45) is -0.113. The summed E-state index contributed by atoms with van der Waals surface area (Å²) in [4.78, 5) is 38.1. The Morgan fingerprint density at radius 1 is 0.949 bits per heavy atom. The van der Waals surface area contributed by atoms with Crippen LogP contribution in [0.15, 0.2) is 65.4 Å². The fraction of sp³-hybridized carbons (Fsp3) is 0.233. The molecule has 6 rings (SSSR count). The zero-order chi connectivity index (χ0) is 27.8. The van der Waals surface area contributed by atoms with Crippen LogP contribution in [0.2, 0.25) is 0 Å². The van der Waals surface area contributed by atoms with Crippen molar-refractivity contribution in [3.05, 3.63) is 82.1 Å². The molecule has 3 aliphatic carbocycles. The first-order chi connectivity index (χ1) is 18.6. The molecule has 3 aromatic rings. The molecule has 1 saturated carbocycles. The van der Waals surface area contributed by atoms with Crippen LogP contribution in [0, 0.1) is 11.8 Å². The van der Waals surface area contributed by atoms with Crippen molar-refractivity contribution < 1.29 is 39.9 Å². The summed E-state index contributed by atoms with van der Waals surface area (Å²) in [7, 11) is 0. The number of rotatable bonds is 3. The number of Topliss-reactive ketones (excluding diaryl/α,β-unsaturated/α-hetero) is 2. The van der Waals surface area contributed by atoms with Gasteiger partial charge in [0.05, 0.1) is 12.2 Å². The number of amides is 1. The second-order valence-corrected chi connectivity index (χ2v) is 10.4. The topological polar surface area (TPSA) is 178 Å². The molecule has 1 amide bonds. The lowest BCUT2D eigenvalue weighted by molar-refractivity contribution is -0.147. The molecule has 7 N–H and O–H groups in total. The number of hydrogen-bond donors (Lipinski definition) is 6. The molecule has 1 fully saturated rings. The fourth-order valence-corrected chi connectivity index (χ4v) is 6.61. The number of aliphatic hydroxyl groups is 4. The highest BCUT2D eigenvalue weighted by Crippen LogP contribution is 2.53. The Morgan fingerprint density at radius 2 is 1.64 bits per heavy atom. The van der Waals surface area contributed by atoms with Gasteiger partial charge < -0.3 is 31.3 Å². The molecule has 0 bridgehead atoms. The Kier molecular flexibility index (Phi) is 5.43. The SMILES string of the molecule is NC(=O)C1=C(O)[C@@]2(O)C(=O)C3=C(O)c4c(O)ccc(-c5ccc(CO)c6ccccc56)c4C[C@H]3C[C@H]2CC1=O. The summed E-state index contributed by atoms with van der Waals surface area (Å²) in [5, 5.41) is 55.8. The quantitative estimate of drug-likeness (QED) is 0.281. The maximum atomic E-state index is 13.7. The summed E-state index contributed by atoms with van der Waals surface area (Å²) >= 11 is 0. The van der Waals surface area contributed by atoms with Crippen LogP contribution in [0.1, 0.15) is 29.5 Å². The van der Waals surface area contributed by atoms with Crippen LogP contribution in [-0.2, 0) is 27.4 Å². The van der Waals surface area contributed by atoms with Gasteiger partial charge in [-0.05, 0) is 57.9 Å². The van der Waals surface area contributed by atoms with Crippen molar-refractivity contribution in [2.24, 2.45) is 17.6 Å². The third-order valence-electron chi connectivity index (χ3n) is 8.42. The number of aliphatic hydroxyl groups excluding tert-OH is 3. The Balaban J connectivity index is 1.56. The van der Waals surface area contributed by atoms with Crippen LogP contribution in [0.5, 0.6) is 5.75 Å². The first kappa shape index (κ1) is 24.8. The third-order valence-corrected chi connectivity index (χ3v) is 8.42. The number of benzene rings is 3. The van der Waals surface area contributed by atoms with Gasteiger partial charge in [-0.2, -0.15) is 0 Å². The van der Waals surface area contributed by atoms with Crippen LogP contribution in [0.25, 0.3) is 27.7 Å². The van der Waals surface area contributed by atoms with Gasteiger partial charge in [-0.1, -0.05) is 42.5 Å². The van der Waals surface area contributed by atoms with E-state index >= 15 is 0 Å². The largest absolute Gasteiger partial charge is 0.508 e. The number of nitrogens with two attached hydrogens (primary N) is 1. The van der Waals surface area contributed by atoms with Crippen molar-refractivity contribution in [2.75, 3.05) is 0 Å². The number of aromatic hydroxyl groups is 1. The van der Waals surface area contributed by atoms with Gasteiger partial charge in [-0.15, -0.1) is 0 Å². The fourth-order valence-electron chi connectivity index (χ4n) is 6.61. The molecule has 0 saturated heterocycles. The molecule has 3 aromatic carbocycles. The van der Waals surface area contributed by atoms with Crippen molar-refractivity contribution in [1.29, 1.82) is 0 Å². The summed E-state index contributed by atoms with van der Waals surface area (Å²) in [6.45, 7) is -0.146. The van der Waals surface area contributed by atoms with E-state index < -0.39 is 52.0 Å². The molecule has 39 heavy (non-hydrogen) atoms. The highest BCUT2D eigenvalue weighted by Gasteiger charge is 2.60. The van der Waals surface area contributed by atoms with E-state index in [1.807, 2.05) is 36.4 Å². The number of primary amides is 1. The molecule has 0 unspecified atom stereocenters. The van der Waals surface area contributed by atoms with Crippen LogP contribution >= 0.6 is 0 Å². The zero-order valence-corrected chi connectivity index (χ0v) is 20.6. The van der Waals surface area contributed by atoms with Crippen LogP contribution < -0.4 is 5.73 Å². The van der Waals surface area contributed by atoms with Gasteiger partial charge in [0.15, 0.2) is 11.4 Å². The number of fused-ring (bicyclic) bond motifs is 4. The van der Waals surface area contributed by atoms with E-state index in [0.29, 0.717) is 11.1 Å². The lowest BCUT2D eigenvalue weighted by Crippen LogP contribution is -2.58. The van der Waals surface area contributed by atoms with Crippen LogP contribution in [0.3, 0.4) is 0 Å². The minimum absolute atomic E-state index is 0.0370. The van der Waals surface area contributed by atoms with Gasteiger partial charge >= 0.3 is 0 Å². The van der Waals surface area contributed by atoms with E-state index in [0.717, 1.165) is 21.9 Å². The number of carbonyl (C=O) groups is 3. The van der Waals surface area contributed by atoms with Gasteiger partial charge in [0.2, 0.25) is 5.78 Å². The highest BCUT2D eigenvalue weighted by molar-refractivity contribution is 6.22. The first-order valence-corrected chi connectivity index (χ1v) is 12.5. The standard InChI is InChI=1S/C30H25NO8/c31-29(38)25-22(34)11-15-9-14-10-20-19(18-6-5-13(12-32)16-3-1-2-4-17(16)18)7-8-21(33)24(20)26(35)23(14)27(36)30(15,39)28(25)37/h1-8,14-15,32-33,35,37,39H,9-12H2,(H2,31,38)/t14-,15+,30+/m1/s1. The minimum atomic E-state index is -2.60. The van der Waals surface area contributed by atoms with Crippen molar-refractivity contribution in [2.45, 2.75) is 31.5 Å². The second kappa shape index (κ2) is 8.52. The van der Waals surface area contributed by atoms with E-state index in [9.17, 15) is 39.9 Å². The van der Waals surface area contributed by atoms with E-state index in [1.165, 1.54) is 6.07 Å². The summed E-state index contributed by atoms with van der Waals surface area (Å²) in [6, 6.07) is 14.4. The molecule has 0 aromatic heterocycles. The summed E-state index contributed by atoms with van der Waals surface area (Å²) in [5.74, 6) is -6.61. The molecule has 9 heteroatoms. The summed E-state index contributed by atoms with van der Waals surface area (Å²) in [5.41, 5.74) is 4.51. The Morgan fingerprint density at radius 3 is 2.33 bits per heavy atom. The molecule has 198 valence electrons. The normalized spacial score (nSPS) is 24.5. The van der Waals surface area contributed by atoms with Gasteiger partial charge in [-0.25, -0.2) is 0 Å². The Bertz CT molecular complexity index is 1700. The first-order valence-electron chi connectivity index (χ1n) is 12.5. The molecule has 0 radical (unpaired) electrons. The van der Waals surface area contributed by atoms with Gasteiger partial charge in [0, 0.05) is 17.9 Å². The van der Waals surface area contributed by atoms with E-state index in [4.69, 9.17) is 5.73 Å². The van der Waals surface area contributed by atoms with E-state index in [2.05, 4.69) is 0 Å². The number of phenolic OH excluding ortho intramolecular Hbond substituents is 1. The van der Waals surface area contributed by atoms with Crippen molar-refractivity contribution in [3.8, 4) is 16.9 Å². The van der Waals surface area contributed by atoms with Crippen molar-refractivity contribution in [3.63, 3.8) is 0 Å². The molecule has 0 spiro atoms. The third kappa shape index (κ3) is 3.30. The minimum Gasteiger partial charge on any atom is -0.508 e. The summed E-state index contributed by atoms with van der Waals surface area (Å²) < 4.78 is 0. The highest BCUT2D eigenvalue weighted by atomic mass is 16.3. The number of carbonyl (C=O) groups excluding carboxylic acids is 3. The average molecular weight is 528 g/mol. The van der Waals surface area contributed by atoms with Crippen LogP contribution in [-0.4, -0.2) is 48.6 Å². The number of phenols is 1. The second-order valence-electron chi connectivity index (χ2n) is 10.4. The van der Waals surface area contributed by atoms with Gasteiger partial charge in [0.25, 0.3) is 5.91 Å². The number of ketones is 2. The Hall–Kier alpha value is -4.47. The lowest BCUT2D eigenvalue weighted by atomic mass is 9.59. The molecule has 3 atom stereocenters. The average Bonchev–Trinajstić information content (AvgIpc) is 2.90.